The van der Waals surface area contributed by atoms with Crippen molar-refractivity contribution in [2.24, 2.45) is 11.8 Å². The first-order chi connectivity index (χ1) is 4.70. The molecule has 0 radical (unpaired) electrons. The third-order valence-corrected chi connectivity index (χ3v) is 1.63. The van der Waals surface area contributed by atoms with Gasteiger partial charge < -0.3 is 4.74 Å². The van der Waals surface area contributed by atoms with E-state index in [1.54, 1.807) is 0 Å². The molecule has 58 valence electrons. The number of carbonyl (C=O) groups excluding carboxylic acids is 1. The lowest BCUT2D eigenvalue weighted by Crippen LogP contribution is -2.12. The van der Waals surface area contributed by atoms with Gasteiger partial charge in [-0.2, -0.15) is 0 Å². The summed E-state index contributed by atoms with van der Waals surface area (Å²) < 4.78 is 4.99. The number of hydrogen-bond acceptors (Lipinski definition) is 2. The van der Waals surface area contributed by atoms with Crippen molar-refractivity contribution in [3.8, 4) is 0 Å². The maximum atomic E-state index is 10.9. The van der Waals surface area contributed by atoms with E-state index in [4.69, 9.17) is 4.74 Å². The largest absolute Gasteiger partial charge is 0.465 e. The predicted molar refractivity (Wildman–Crippen MR) is 38.5 cm³/mol. The van der Waals surface area contributed by atoms with E-state index < -0.39 is 0 Å². The Balaban J connectivity index is 2.05. The lowest BCUT2D eigenvalue weighted by Gasteiger charge is -2.04. The van der Waals surface area contributed by atoms with Crippen LogP contribution in [-0.4, -0.2) is 12.6 Å². The van der Waals surface area contributed by atoms with Crippen LogP contribution < -0.4 is 0 Å². The van der Waals surface area contributed by atoms with Crippen molar-refractivity contribution < 1.29 is 9.53 Å². The van der Waals surface area contributed by atoms with E-state index in [-0.39, 0.29) is 11.9 Å². The molecule has 2 nitrogen and oxygen atoms in total. The quantitative estimate of drug-likeness (QED) is 0.559. The Morgan fingerprint density at radius 2 is 2.20 bits per heavy atom. The molecule has 0 unspecified atom stereocenters. The van der Waals surface area contributed by atoms with Gasteiger partial charge in [0.2, 0.25) is 0 Å². The highest BCUT2D eigenvalue weighted by atomic mass is 16.5. The van der Waals surface area contributed by atoms with Gasteiger partial charge in [0, 0.05) is 0 Å². The van der Waals surface area contributed by atoms with Gasteiger partial charge in [0.05, 0.1) is 12.5 Å². The van der Waals surface area contributed by atoms with Crippen molar-refractivity contribution in [3.05, 3.63) is 0 Å². The molecule has 0 N–H and O–H groups in total. The Morgan fingerprint density at radius 1 is 1.60 bits per heavy atom. The van der Waals surface area contributed by atoms with Gasteiger partial charge in [-0.1, -0.05) is 13.8 Å². The van der Waals surface area contributed by atoms with E-state index in [0.29, 0.717) is 12.5 Å². The molecule has 0 aliphatic heterocycles. The van der Waals surface area contributed by atoms with Crippen LogP contribution in [-0.2, 0) is 9.53 Å². The molecule has 10 heavy (non-hydrogen) atoms. The molecule has 1 saturated carbocycles. The first kappa shape index (κ1) is 7.58. The maximum Gasteiger partial charge on any atom is 0.308 e. The van der Waals surface area contributed by atoms with Crippen molar-refractivity contribution in [2.75, 3.05) is 6.61 Å². The topological polar surface area (TPSA) is 26.3 Å². The zero-order valence-corrected chi connectivity index (χ0v) is 6.59. The van der Waals surface area contributed by atoms with Gasteiger partial charge in [-0.05, 0) is 18.8 Å². The van der Waals surface area contributed by atoms with Crippen LogP contribution in [0.4, 0.5) is 0 Å². The number of hydrogen-bond donors (Lipinski definition) is 0. The first-order valence-electron chi connectivity index (χ1n) is 3.87. The first-order valence-corrected chi connectivity index (χ1v) is 3.87. The molecular formula is C8H14O2. The summed E-state index contributed by atoms with van der Waals surface area (Å²) in [6, 6.07) is 0. The fraction of sp³-hybridized carbons (Fsp3) is 0.875. The molecule has 1 rings (SSSR count). The highest BCUT2D eigenvalue weighted by Gasteiger charge is 2.23. The third-order valence-electron chi connectivity index (χ3n) is 1.63. The van der Waals surface area contributed by atoms with Gasteiger partial charge in [0.15, 0.2) is 0 Å². The smallest absolute Gasteiger partial charge is 0.308 e. The van der Waals surface area contributed by atoms with E-state index >= 15 is 0 Å². The fourth-order valence-corrected chi connectivity index (χ4v) is 0.651. The molecule has 0 spiro atoms. The molecule has 1 aliphatic rings. The zero-order chi connectivity index (χ0) is 7.56. The second-order valence-electron chi connectivity index (χ2n) is 3.23. The van der Waals surface area contributed by atoms with Crippen molar-refractivity contribution in [1.82, 2.24) is 0 Å². The van der Waals surface area contributed by atoms with E-state index in [1.807, 2.05) is 13.8 Å². The predicted octanol–water partition coefficient (Wildman–Crippen LogP) is 1.60. The molecule has 2 heteroatoms. The van der Waals surface area contributed by atoms with E-state index in [0.717, 1.165) is 0 Å². The van der Waals surface area contributed by atoms with Crippen LogP contribution in [0.1, 0.15) is 26.7 Å². The zero-order valence-electron chi connectivity index (χ0n) is 6.59. The second kappa shape index (κ2) is 3.04. The average Bonchev–Trinajstić information content (AvgIpc) is 2.64. The summed E-state index contributed by atoms with van der Waals surface area (Å²) in [6.07, 6.45) is 2.48. The van der Waals surface area contributed by atoms with Gasteiger partial charge in [0.1, 0.15) is 0 Å². The van der Waals surface area contributed by atoms with Gasteiger partial charge in [-0.3, -0.25) is 4.79 Å². The minimum absolute atomic E-state index is 0.0266. The van der Waals surface area contributed by atoms with Crippen LogP contribution in [0.2, 0.25) is 0 Å². The summed E-state index contributed by atoms with van der Waals surface area (Å²) >= 11 is 0. The monoisotopic (exact) mass is 142 g/mol. The molecule has 0 saturated heterocycles. The van der Waals surface area contributed by atoms with Crippen molar-refractivity contribution in [3.63, 3.8) is 0 Å². The lowest BCUT2D eigenvalue weighted by molar-refractivity contribution is -0.147. The molecule has 0 amide bonds. The molecule has 0 heterocycles. The summed E-state index contributed by atoms with van der Waals surface area (Å²) in [4.78, 5) is 10.9. The molecular weight excluding hydrogens is 128 g/mol. The Morgan fingerprint density at radius 3 is 2.60 bits per heavy atom. The minimum Gasteiger partial charge on any atom is -0.465 e. The Bertz CT molecular complexity index is 125. The second-order valence-corrected chi connectivity index (χ2v) is 3.23. The van der Waals surface area contributed by atoms with Crippen LogP contribution in [0.5, 0.6) is 0 Å². The summed E-state index contributed by atoms with van der Waals surface area (Å²) in [7, 11) is 0. The third kappa shape index (κ3) is 2.38. The number of ether oxygens (including phenoxy) is 1. The van der Waals surface area contributed by atoms with E-state index in [9.17, 15) is 4.79 Å². The molecule has 0 bridgehead atoms. The SMILES string of the molecule is CC(C)C(=O)OCC1CC1. The van der Waals surface area contributed by atoms with Crippen LogP contribution in [0.3, 0.4) is 0 Å². The number of rotatable bonds is 3. The summed E-state index contributed by atoms with van der Waals surface area (Å²) in [5.41, 5.74) is 0. The van der Waals surface area contributed by atoms with Crippen LogP contribution >= 0.6 is 0 Å². The molecule has 0 aromatic carbocycles. The minimum atomic E-state index is -0.0631. The van der Waals surface area contributed by atoms with E-state index in [2.05, 4.69) is 0 Å². The Labute approximate surface area is 61.6 Å². The van der Waals surface area contributed by atoms with Crippen LogP contribution in [0.15, 0.2) is 0 Å². The van der Waals surface area contributed by atoms with Crippen molar-refractivity contribution >= 4 is 5.97 Å². The highest BCUT2D eigenvalue weighted by molar-refractivity contribution is 5.71. The molecule has 0 aromatic heterocycles. The maximum absolute atomic E-state index is 10.9. The fourth-order valence-electron chi connectivity index (χ4n) is 0.651. The molecule has 1 fully saturated rings. The number of carbonyl (C=O) groups is 1. The summed E-state index contributed by atoms with van der Waals surface area (Å²) in [5, 5.41) is 0. The van der Waals surface area contributed by atoms with Crippen LogP contribution in [0, 0.1) is 11.8 Å². The highest BCUT2D eigenvalue weighted by Crippen LogP contribution is 2.28. The van der Waals surface area contributed by atoms with Crippen molar-refractivity contribution in [1.29, 1.82) is 0 Å². The normalized spacial score (nSPS) is 17.5. The van der Waals surface area contributed by atoms with Crippen LogP contribution in [0.25, 0.3) is 0 Å². The molecule has 1 aliphatic carbocycles. The van der Waals surface area contributed by atoms with Gasteiger partial charge in [-0.25, -0.2) is 0 Å². The van der Waals surface area contributed by atoms with Crippen molar-refractivity contribution in [2.45, 2.75) is 26.7 Å². The van der Waals surface area contributed by atoms with Gasteiger partial charge in [-0.15, -0.1) is 0 Å². The summed E-state index contributed by atoms with van der Waals surface area (Å²) in [5.74, 6) is 0.647. The number of esters is 1. The van der Waals surface area contributed by atoms with E-state index in [1.165, 1.54) is 12.8 Å². The Hall–Kier alpha value is -0.530. The average molecular weight is 142 g/mol. The van der Waals surface area contributed by atoms with Gasteiger partial charge in [0.25, 0.3) is 0 Å². The lowest BCUT2D eigenvalue weighted by atomic mass is 10.2. The Kier molecular flexibility index (Phi) is 2.30. The summed E-state index contributed by atoms with van der Waals surface area (Å²) in [6.45, 7) is 4.36. The van der Waals surface area contributed by atoms with Gasteiger partial charge >= 0.3 is 5.97 Å². The molecule has 0 atom stereocenters. The standard InChI is InChI=1S/C8H14O2/c1-6(2)8(9)10-5-7-3-4-7/h6-7H,3-5H2,1-2H3. The molecule has 0 aromatic rings.